The molecule has 5 heteroatoms. The topological polar surface area (TPSA) is 38.0 Å². The summed E-state index contributed by atoms with van der Waals surface area (Å²) in [6.07, 6.45) is 0. The van der Waals surface area contributed by atoms with Gasteiger partial charge in [0.05, 0.1) is 0 Å². The average molecular weight is 380 g/mol. The molecule has 4 aromatic rings. The first kappa shape index (κ1) is 17.4. The number of hydrogen-bond acceptors (Lipinski definition) is 3. The zero-order valence-corrected chi connectivity index (χ0v) is 17.3. The van der Waals surface area contributed by atoms with E-state index in [-0.39, 0.29) is 0 Å². The van der Waals surface area contributed by atoms with Gasteiger partial charge in [-0.2, -0.15) is 0 Å². The molecule has 2 nitrogen and oxygen atoms in total. The highest BCUT2D eigenvalue weighted by molar-refractivity contribution is 7.28. The van der Waals surface area contributed by atoms with Crippen LogP contribution in [0.3, 0.4) is 0 Å². The second-order valence-corrected chi connectivity index (χ2v) is 9.06. The van der Waals surface area contributed by atoms with Crippen LogP contribution in [0.15, 0.2) is 48.5 Å². The molecule has 0 unspecified atom stereocenters. The Morgan fingerprint density at radius 2 is 1.79 bits per heavy atom. The molecule has 0 atom stereocenters. The monoisotopic (exact) mass is 380 g/mol. The molecule has 28 heavy (non-hydrogen) atoms. The van der Waals surface area contributed by atoms with Crippen molar-refractivity contribution in [3.63, 3.8) is 0 Å². The summed E-state index contributed by atoms with van der Waals surface area (Å²) < 4.78 is 2.85. The Bertz CT molecular complexity index is 1240. The van der Waals surface area contributed by atoms with E-state index in [2.05, 4.69) is 74.6 Å². The summed E-state index contributed by atoms with van der Waals surface area (Å²) in [4.78, 5) is 0. The lowest BCUT2D eigenvalue weighted by atomic mass is 9.56. The van der Waals surface area contributed by atoms with Gasteiger partial charge in [0, 0.05) is 21.8 Å². The molecule has 0 fully saturated rings. The number of fused-ring (bicyclic) bond motifs is 3. The van der Waals surface area contributed by atoms with E-state index >= 15 is 0 Å². The van der Waals surface area contributed by atoms with Crippen LogP contribution in [0.4, 0.5) is 17.1 Å². The Balaban J connectivity index is 1.53. The number of hydrogen-bond donors (Lipinski definition) is 2. The Morgan fingerprint density at radius 3 is 2.61 bits per heavy atom. The predicted molar refractivity (Wildman–Crippen MR) is 129 cm³/mol. The number of nitrogens with two attached hydrogens (primary N) is 1. The molecule has 0 radical (unpaired) electrons. The first-order valence-corrected chi connectivity index (χ1v) is 10.6. The molecule has 5 rings (SSSR count). The third kappa shape index (κ3) is 2.82. The quantitative estimate of drug-likeness (QED) is 0.364. The summed E-state index contributed by atoms with van der Waals surface area (Å²) in [5.74, 6) is 0. The molecular weight excluding hydrogens is 358 g/mol. The summed E-state index contributed by atoms with van der Waals surface area (Å²) in [6.45, 7) is 6.63. The molecule has 0 saturated carbocycles. The molecule has 0 saturated heterocycles. The van der Waals surface area contributed by atoms with Crippen LogP contribution in [-0.4, -0.2) is 14.6 Å². The van der Waals surface area contributed by atoms with E-state index in [4.69, 9.17) is 5.73 Å². The van der Waals surface area contributed by atoms with Crippen LogP contribution < -0.4 is 32.2 Å². The molecule has 2 heterocycles. The van der Waals surface area contributed by atoms with Crippen molar-refractivity contribution in [2.24, 2.45) is 0 Å². The molecular formula is C23H22B2N2S. The van der Waals surface area contributed by atoms with Gasteiger partial charge >= 0.3 is 0 Å². The van der Waals surface area contributed by atoms with Gasteiger partial charge in [0.1, 0.15) is 0 Å². The van der Waals surface area contributed by atoms with Gasteiger partial charge in [-0.1, -0.05) is 51.8 Å². The van der Waals surface area contributed by atoms with Crippen LogP contribution in [0.25, 0.3) is 10.1 Å². The van der Waals surface area contributed by atoms with E-state index in [0.29, 0.717) is 0 Å². The molecule has 136 valence electrons. The summed E-state index contributed by atoms with van der Waals surface area (Å²) in [5, 5.41) is 5.00. The first-order chi connectivity index (χ1) is 13.5. The maximum Gasteiger partial charge on any atom is 0.205 e. The van der Waals surface area contributed by atoms with Gasteiger partial charge in [0.2, 0.25) is 7.28 Å². The van der Waals surface area contributed by atoms with Crippen LogP contribution in [0.1, 0.15) is 16.7 Å². The van der Waals surface area contributed by atoms with Crippen molar-refractivity contribution in [1.29, 1.82) is 0 Å². The fraction of sp³-hybridized carbons (Fsp3) is 0.130. The molecule has 1 aliphatic rings. The number of nitrogen functional groups attached to an aromatic ring is 1. The molecule has 1 aliphatic heterocycles. The Hall–Kier alpha value is -2.65. The second kappa shape index (κ2) is 6.46. The van der Waals surface area contributed by atoms with Crippen LogP contribution >= 0.6 is 11.3 Å². The summed E-state index contributed by atoms with van der Waals surface area (Å²) in [6, 6.07) is 17.6. The minimum absolute atomic E-state index is 0.820. The van der Waals surface area contributed by atoms with Gasteiger partial charge < -0.3 is 11.1 Å². The maximum atomic E-state index is 6.05. The number of nitrogens with one attached hydrogen (secondary N) is 1. The van der Waals surface area contributed by atoms with Crippen molar-refractivity contribution in [3.05, 3.63) is 65.2 Å². The van der Waals surface area contributed by atoms with Gasteiger partial charge in [-0.25, -0.2) is 0 Å². The lowest BCUT2D eigenvalue weighted by molar-refractivity contribution is 1.46. The van der Waals surface area contributed by atoms with Crippen molar-refractivity contribution in [1.82, 2.24) is 0 Å². The van der Waals surface area contributed by atoms with E-state index in [0.717, 1.165) is 25.9 Å². The van der Waals surface area contributed by atoms with Gasteiger partial charge in [0.25, 0.3) is 0 Å². The molecule has 0 spiro atoms. The average Bonchev–Trinajstić information content (AvgIpc) is 2.97. The number of thiophene rings is 1. The fourth-order valence-corrected chi connectivity index (χ4v) is 5.58. The Kier molecular flexibility index (Phi) is 4.02. The molecule has 1 aromatic heterocycles. The highest BCUT2D eigenvalue weighted by Gasteiger charge is 2.20. The van der Waals surface area contributed by atoms with E-state index in [9.17, 15) is 0 Å². The second-order valence-electron chi connectivity index (χ2n) is 7.92. The van der Waals surface area contributed by atoms with Crippen LogP contribution in [0.5, 0.6) is 0 Å². The normalized spacial score (nSPS) is 12.1. The van der Waals surface area contributed by atoms with Crippen molar-refractivity contribution in [2.75, 3.05) is 11.1 Å². The van der Waals surface area contributed by atoms with E-state index in [1.165, 1.54) is 53.6 Å². The minimum Gasteiger partial charge on any atom is -0.399 e. The lowest BCUT2D eigenvalue weighted by Crippen LogP contribution is -2.41. The summed E-state index contributed by atoms with van der Waals surface area (Å²) in [7, 11) is 1.96. The summed E-state index contributed by atoms with van der Waals surface area (Å²) in [5.41, 5.74) is 17.4. The first-order valence-electron chi connectivity index (χ1n) is 9.75. The Morgan fingerprint density at radius 1 is 0.964 bits per heavy atom. The fourth-order valence-electron chi connectivity index (χ4n) is 4.35. The number of benzene rings is 3. The van der Waals surface area contributed by atoms with E-state index in [1.54, 1.807) is 0 Å². The summed E-state index contributed by atoms with van der Waals surface area (Å²) >= 11 is 1.93. The third-order valence-electron chi connectivity index (χ3n) is 5.99. The van der Waals surface area contributed by atoms with Gasteiger partial charge in [-0.3, -0.25) is 0 Å². The molecule has 3 N–H and O–H groups in total. The van der Waals surface area contributed by atoms with E-state index < -0.39 is 0 Å². The highest BCUT2D eigenvalue weighted by Crippen LogP contribution is 2.24. The molecule has 0 amide bonds. The lowest BCUT2D eigenvalue weighted by Gasteiger charge is -2.24. The zero-order chi connectivity index (χ0) is 19.4. The Labute approximate surface area is 171 Å². The number of aryl methyl sites for hydroxylation is 3. The van der Waals surface area contributed by atoms with Crippen molar-refractivity contribution >= 4 is 74.2 Å². The SMILES string of the molecule is Cc1cc2c(cc1Bc1sc3ccccc3c1C)Bc1c(C)cc(N)cc1N2. The maximum absolute atomic E-state index is 6.05. The minimum atomic E-state index is 0.820. The van der Waals surface area contributed by atoms with Gasteiger partial charge in [-0.05, 0) is 60.8 Å². The molecule has 0 aliphatic carbocycles. The van der Waals surface area contributed by atoms with Gasteiger partial charge in [0.15, 0.2) is 7.28 Å². The predicted octanol–water partition coefficient (Wildman–Crippen LogP) is 2.24. The molecule has 3 aromatic carbocycles. The van der Waals surface area contributed by atoms with Crippen LogP contribution in [0, 0.1) is 20.8 Å². The number of rotatable bonds is 2. The van der Waals surface area contributed by atoms with Crippen molar-refractivity contribution in [2.45, 2.75) is 20.8 Å². The molecule has 0 bridgehead atoms. The van der Waals surface area contributed by atoms with Gasteiger partial charge in [-0.15, -0.1) is 11.3 Å². The van der Waals surface area contributed by atoms with Crippen molar-refractivity contribution < 1.29 is 0 Å². The third-order valence-corrected chi connectivity index (χ3v) is 7.26. The zero-order valence-electron chi connectivity index (χ0n) is 16.5. The van der Waals surface area contributed by atoms with Crippen molar-refractivity contribution in [3.8, 4) is 0 Å². The van der Waals surface area contributed by atoms with Crippen LogP contribution in [-0.2, 0) is 0 Å². The van der Waals surface area contributed by atoms with E-state index in [1.807, 2.05) is 11.3 Å². The largest absolute Gasteiger partial charge is 0.399 e. The van der Waals surface area contributed by atoms with Crippen LogP contribution in [0.2, 0.25) is 0 Å². The highest BCUT2D eigenvalue weighted by atomic mass is 32.1. The standard InChI is InChI=1S/C23H22B2N2S/c1-12-9-19-18(24-22-13(2)8-15(26)10-20(22)27-19)11-17(12)25-23-14(3)16-6-4-5-7-21(16)28-23/h4-11,24-25,27H,26H2,1-3H3. The smallest absolute Gasteiger partial charge is 0.205 e. The number of anilines is 3.